The van der Waals surface area contributed by atoms with Crippen LogP contribution in [0.25, 0.3) is 11.0 Å². The minimum absolute atomic E-state index is 0.549. The van der Waals surface area contributed by atoms with Gasteiger partial charge in [0.15, 0.2) is 0 Å². The predicted molar refractivity (Wildman–Crippen MR) is 84.1 cm³/mol. The van der Waals surface area contributed by atoms with E-state index in [4.69, 9.17) is 0 Å². The van der Waals surface area contributed by atoms with Gasteiger partial charge in [-0.25, -0.2) is 4.98 Å². The van der Waals surface area contributed by atoms with Crippen LogP contribution in [0.2, 0.25) is 0 Å². The fourth-order valence-electron chi connectivity index (χ4n) is 2.39. The van der Waals surface area contributed by atoms with E-state index in [1.807, 2.05) is 24.3 Å². The Morgan fingerprint density at radius 2 is 1.80 bits per heavy atom. The Bertz CT molecular complexity index is 640. The maximum absolute atomic E-state index is 4.52. The van der Waals surface area contributed by atoms with Gasteiger partial charge in [0.25, 0.3) is 0 Å². The molecule has 0 spiro atoms. The first-order valence-corrected chi connectivity index (χ1v) is 7.06. The summed E-state index contributed by atoms with van der Waals surface area (Å²) in [6.45, 7) is 3.17. The van der Waals surface area contributed by atoms with Crippen molar-refractivity contribution in [2.75, 3.05) is 11.9 Å². The van der Waals surface area contributed by atoms with E-state index in [2.05, 4.69) is 52.5 Å². The predicted octanol–water partition coefficient (Wildman–Crippen LogP) is 4.17. The maximum atomic E-state index is 4.52. The number of nitrogens with one attached hydrogen (secondary N) is 2. The molecule has 0 saturated carbocycles. The minimum atomic E-state index is 0.549. The van der Waals surface area contributed by atoms with Crippen molar-refractivity contribution in [3.8, 4) is 0 Å². The number of anilines is 1. The summed E-state index contributed by atoms with van der Waals surface area (Å²) in [5, 5.41) is 3.37. The molecule has 3 nitrogen and oxygen atoms in total. The highest BCUT2D eigenvalue weighted by molar-refractivity contribution is 5.77. The lowest BCUT2D eigenvalue weighted by atomic mass is 9.98. The van der Waals surface area contributed by atoms with Gasteiger partial charge in [0.05, 0.1) is 11.0 Å². The Morgan fingerprint density at radius 3 is 2.60 bits per heavy atom. The van der Waals surface area contributed by atoms with E-state index < -0.39 is 0 Å². The van der Waals surface area contributed by atoms with Crippen molar-refractivity contribution in [2.45, 2.75) is 19.3 Å². The molecule has 0 radical (unpaired) electrons. The quantitative estimate of drug-likeness (QED) is 0.727. The number of benzene rings is 2. The molecule has 102 valence electrons. The van der Waals surface area contributed by atoms with E-state index >= 15 is 0 Å². The zero-order valence-corrected chi connectivity index (χ0v) is 11.6. The molecule has 0 amide bonds. The number of aromatic amines is 1. The molecule has 20 heavy (non-hydrogen) atoms. The lowest BCUT2D eigenvalue weighted by Gasteiger charge is -2.11. The minimum Gasteiger partial charge on any atom is -0.356 e. The van der Waals surface area contributed by atoms with E-state index in [9.17, 15) is 0 Å². The van der Waals surface area contributed by atoms with Crippen molar-refractivity contribution in [2.24, 2.45) is 0 Å². The number of hydrogen-bond acceptors (Lipinski definition) is 2. The molecule has 3 rings (SSSR count). The standard InChI is InChI=1S/C17H19N3/c1-13(14-7-3-2-4-8-14)11-12-18-17-19-15-9-5-6-10-16(15)20-17/h2-10,13H,11-12H2,1H3,(H2,18,19,20). The van der Waals surface area contributed by atoms with Crippen molar-refractivity contribution in [3.63, 3.8) is 0 Å². The molecule has 3 heteroatoms. The third-order valence-corrected chi connectivity index (χ3v) is 3.63. The van der Waals surface area contributed by atoms with E-state index in [0.717, 1.165) is 29.9 Å². The molecule has 0 fully saturated rings. The first-order chi connectivity index (χ1) is 9.83. The number of para-hydroxylation sites is 2. The maximum Gasteiger partial charge on any atom is 0.201 e. The molecule has 2 N–H and O–H groups in total. The average Bonchev–Trinajstić information content (AvgIpc) is 2.90. The zero-order chi connectivity index (χ0) is 13.8. The van der Waals surface area contributed by atoms with Crippen LogP contribution in [-0.4, -0.2) is 16.5 Å². The van der Waals surface area contributed by atoms with Crippen LogP contribution in [0.3, 0.4) is 0 Å². The number of imidazole rings is 1. The van der Waals surface area contributed by atoms with Crippen molar-refractivity contribution in [3.05, 3.63) is 60.2 Å². The molecule has 0 bridgehead atoms. The van der Waals surface area contributed by atoms with Gasteiger partial charge in [-0.15, -0.1) is 0 Å². The first-order valence-electron chi connectivity index (χ1n) is 7.06. The van der Waals surface area contributed by atoms with Crippen molar-refractivity contribution < 1.29 is 0 Å². The van der Waals surface area contributed by atoms with E-state index in [0.29, 0.717) is 5.92 Å². The Labute approximate surface area is 119 Å². The van der Waals surface area contributed by atoms with Gasteiger partial charge in [-0.1, -0.05) is 49.4 Å². The van der Waals surface area contributed by atoms with Crippen LogP contribution in [0.15, 0.2) is 54.6 Å². The van der Waals surface area contributed by atoms with Gasteiger partial charge in [0.1, 0.15) is 0 Å². The SMILES string of the molecule is CC(CCNc1nc2ccccc2[nH]1)c1ccccc1. The lowest BCUT2D eigenvalue weighted by Crippen LogP contribution is -2.06. The summed E-state index contributed by atoms with van der Waals surface area (Å²) in [7, 11) is 0. The summed E-state index contributed by atoms with van der Waals surface area (Å²) in [5.41, 5.74) is 3.47. The third kappa shape index (κ3) is 2.82. The number of H-pyrrole nitrogens is 1. The number of nitrogens with zero attached hydrogens (tertiary/aromatic N) is 1. The largest absolute Gasteiger partial charge is 0.356 e. The fourth-order valence-corrected chi connectivity index (χ4v) is 2.39. The third-order valence-electron chi connectivity index (χ3n) is 3.63. The highest BCUT2D eigenvalue weighted by Gasteiger charge is 2.05. The van der Waals surface area contributed by atoms with Gasteiger partial charge in [0, 0.05) is 6.54 Å². The molecule has 1 atom stereocenters. The monoisotopic (exact) mass is 265 g/mol. The Hall–Kier alpha value is -2.29. The lowest BCUT2D eigenvalue weighted by molar-refractivity contribution is 0.704. The van der Waals surface area contributed by atoms with Gasteiger partial charge in [-0.05, 0) is 30.0 Å². The number of rotatable bonds is 5. The summed E-state index contributed by atoms with van der Waals surface area (Å²) in [4.78, 5) is 7.80. The van der Waals surface area contributed by atoms with Crippen molar-refractivity contribution >= 4 is 17.0 Å². The Morgan fingerprint density at radius 1 is 1.05 bits per heavy atom. The zero-order valence-electron chi connectivity index (χ0n) is 11.6. The van der Waals surface area contributed by atoms with Gasteiger partial charge in [0.2, 0.25) is 5.95 Å². The van der Waals surface area contributed by atoms with Crippen LogP contribution in [0.5, 0.6) is 0 Å². The molecule has 0 aliphatic rings. The van der Waals surface area contributed by atoms with Crippen LogP contribution < -0.4 is 5.32 Å². The summed E-state index contributed by atoms with van der Waals surface area (Å²) in [6.07, 6.45) is 1.08. The molecule has 0 saturated heterocycles. The van der Waals surface area contributed by atoms with Crippen LogP contribution in [0.1, 0.15) is 24.8 Å². The summed E-state index contributed by atoms with van der Waals surface area (Å²) < 4.78 is 0. The highest BCUT2D eigenvalue weighted by Crippen LogP contribution is 2.19. The molecular formula is C17H19N3. The van der Waals surface area contributed by atoms with Crippen molar-refractivity contribution in [1.82, 2.24) is 9.97 Å². The molecule has 3 aromatic rings. The molecule has 0 aliphatic carbocycles. The summed E-state index contributed by atoms with van der Waals surface area (Å²) in [5.74, 6) is 1.40. The number of aromatic nitrogens is 2. The van der Waals surface area contributed by atoms with E-state index in [1.165, 1.54) is 5.56 Å². The van der Waals surface area contributed by atoms with Gasteiger partial charge >= 0.3 is 0 Å². The van der Waals surface area contributed by atoms with Gasteiger partial charge in [-0.3, -0.25) is 0 Å². The number of fused-ring (bicyclic) bond motifs is 1. The summed E-state index contributed by atoms with van der Waals surface area (Å²) in [6, 6.07) is 18.7. The van der Waals surface area contributed by atoms with Crippen LogP contribution in [0.4, 0.5) is 5.95 Å². The average molecular weight is 265 g/mol. The molecule has 0 aliphatic heterocycles. The van der Waals surface area contributed by atoms with E-state index in [-0.39, 0.29) is 0 Å². The highest BCUT2D eigenvalue weighted by atomic mass is 15.1. The van der Waals surface area contributed by atoms with Crippen molar-refractivity contribution in [1.29, 1.82) is 0 Å². The fraction of sp³-hybridized carbons (Fsp3) is 0.235. The van der Waals surface area contributed by atoms with Crippen LogP contribution in [-0.2, 0) is 0 Å². The molecular weight excluding hydrogens is 246 g/mol. The molecule has 1 heterocycles. The second-order valence-electron chi connectivity index (χ2n) is 5.13. The molecule has 2 aromatic carbocycles. The molecule has 1 unspecified atom stereocenters. The van der Waals surface area contributed by atoms with Gasteiger partial charge < -0.3 is 10.3 Å². The smallest absolute Gasteiger partial charge is 0.201 e. The summed E-state index contributed by atoms with van der Waals surface area (Å²) >= 11 is 0. The van der Waals surface area contributed by atoms with Gasteiger partial charge in [-0.2, -0.15) is 0 Å². The Kier molecular flexibility index (Phi) is 3.68. The topological polar surface area (TPSA) is 40.7 Å². The van der Waals surface area contributed by atoms with Crippen LogP contribution >= 0.6 is 0 Å². The van der Waals surface area contributed by atoms with E-state index in [1.54, 1.807) is 0 Å². The van der Waals surface area contributed by atoms with Crippen LogP contribution in [0, 0.1) is 0 Å². The number of hydrogen-bond donors (Lipinski definition) is 2. The second-order valence-corrected chi connectivity index (χ2v) is 5.13. The molecule has 1 aromatic heterocycles. The Balaban J connectivity index is 1.57. The normalized spacial score (nSPS) is 12.4. The second kappa shape index (κ2) is 5.78. The first kappa shape index (κ1) is 12.7.